The number of amides is 1. The SMILES string of the molecule is O=C(N[C@H](CO)Cc1ccccc1)c1ccnnc1. The molecule has 0 radical (unpaired) electrons. The number of nitrogens with one attached hydrogen (secondary N) is 1. The smallest absolute Gasteiger partial charge is 0.253 e. The third-order valence-corrected chi connectivity index (χ3v) is 2.73. The van der Waals surface area contributed by atoms with Gasteiger partial charge in [0.15, 0.2) is 0 Å². The summed E-state index contributed by atoms with van der Waals surface area (Å²) in [5.41, 5.74) is 1.50. The predicted octanol–water partition coefficient (Wildman–Crippen LogP) is 0.810. The summed E-state index contributed by atoms with van der Waals surface area (Å²) in [7, 11) is 0. The van der Waals surface area contributed by atoms with Gasteiger partial charge in [0.25, 0.3) is 5.91 Å². The van der Waals surface area contributed by atoms with E-state index in [-0.39, 0.29) is 18.6 Å². The van der Waals surface area contributed by atoms with Gasteiger partial charge in [0.2, 0.25) is 0 Å². The fourth-order valence-corrected chi connectivity index (χ4v) is 1.75. The minimum absolute atomic E-state index is 0.112. The van der Waals surface area contributed by atoms with Crippen LogP contribution in [0.5, 0.6) is 0 Å². The van der Waals surface area contributed by atoms with Crippen molar-refractivity contribution in [1.29, 1.82) is 0 Å². The number of carbonyl (C=O) groups is 1. The number of aromatic nitrogens is 2. The van der Waals surface area contributed by atoms with Crippen molar-refractivity contribution in [3.8, 4) is 0 Å². The highest BCUT2D eigenvalue weighted by Crippen LogP contribution is 2.04. The Hall–Kier alpha value is -2.27. The van der Waals surface area contributed by atoms with Crippen LogP contribution in [-0.4, -0.2) is 33.9 Å². The summed E-state index contributed by atoms with van der Waals surface area (Å²) in [6.45, 7) is -0.112. The summed E-state index contributed by atoms with van der Waals surface area (Å²) >= 11 is 0. The lowest BCUT2D eigenvalue weighted by atomic mass is 10.1. The molecule has 1 aromatic heterocycles. The van der Waals surface area contributed by atoms with Crippen molar-refractivity contribution in [3.63, 3.8) is 0 Å². The number of benzene rings is 1. The Morgan fingerprint density at radius 3 is 2.63 bits per heavy atom. The van der Waals surface area contributed by atoms with Crippen molar-refractivity contribution >= 4 is 5.91 Å². The zero-order valence-electron chi connectivity index (χ0n) is 10.4. The zero-order chi connectivity index (χ0) is 13.5. The fourth-order valence-electron chi connectivity index (χ4n) is 1.75. The van der Waals surface area contributed by atoms with Crippen LogP contribution in [0.15, 0.2) is 48.8 Å². The molecule has 1 atom stereocenters. The Labute approximate surface area is 111 Å². The molecule has 1 aromatic carbocycles. The number of hydrogen-bond acceptors (Lipinski definition) is 4. The second-order valence-electron chi connectivity index (χ2n) is 4.17. The maximum atomic E-state index is 11.9. The maximum absolute atomic E-state index is 11.9. The lowest BCUT2D eigenvalue weighted by Gasteiger charge is -2.16. The molecule has 5 heteroatoms. The molecule has 1 amide bonds. The molecular weight excluding hydrogens is 242 g/mol. The lowest BCUT2D eigenvalue weighted by molar-refractivity contribution is 0.0916. The molecule has 2 rings (SSSR count). The molecule has 0 aliphatic heterocycles. The molecule has 0 aliphatic carbocycles. The molecule has 5 nitrogen and oxygen atoms in total. The molecule has 0 saturated carbocycles. The van der Waals surface area contributed by atoms with Crippen LogP contribution in [-0.2, 0) is 6.42 Å². The summed E-state index contributed by atoms with van der Waals surface area (Å²) in [5, 5.41) is 19.4. The summed E-state index contributed by atoms with van der Waals surface area (Å²) in [5.74, 6) is -0.259. The van der Waals surface area contributed by atoms with Crippen LogP contribution >= 0.6 is 0 Å². The number of rotatable bonds is 5. The van der Waals surface area contributed by atoms with E-state index in [0.717, 1.165) is 5.56 Å². The molecule has 0 saturated heterocycles. The first kappa shape index (κ1) is 13.2. The van der Waals surface area contributed by atoms with Gasteiger partial charge in [0.1, 0.15) is 0 Å². The van der Waals surface area contributed by atoms with Crippen molar-refractivity contribution in [3.05, 3.63) is 59.9 Å². The summed E-state index contributed by atoms with van der Waals surface area (Å²) < 4.78 is 0. The van der Waals surface area contributed by atoms with E-state index in [4.69, 9.17) is 0 Å². The van der Waals surface area contributed by atoms with Gasteiger partial charge < -0.3 is 10.4 Å². The van der Waals surface area contributed by atoms with Gasteiger partial charge in [-0.05, 0) is 18.1 Å². The average molecular weight is 257 g/mol. The Morgan fingerprint density at radius 1 is 1.21 bits per heavy atom. The van der Waals surface area contributed by atoms with Gasteiger partial charge in [0.05, 0.1) is 30.6 Å². The summed E-state index contributed by atoms with van der Waals surface area (Å²) in [6, 6.07) is 11.0. The average Bonchev–Trinajstić information content (AvgIpc) is 2.48. The third kappa shape index (κ3) is 3.86. The molecule has 19 heavy (non-hydrogen) atoms. The number of aliphatic hydroxyl groups is 1. The predicted molar refractivity (Wildman–Crippen MR) is 70.5 cm³/mol. The Balaban J connectivity index is 1.98. The van der Waals surface area contributed by atoms with E-state index >= 15 is 0 Å². The van der Waals surface area contributed by atoms with Crippen LogP contribution in [0.4, 0.5) is 0 Å². The number of nitrogens with zero attached hydrogens (tertiary/aromatic N) is 2. The molecule has 0 spiro atoms. The van der Waals surface area contributed by atoms with E-state index in [1.54, 1.807) is 6.07 Å². The first-order chi connectivity index (χ1) is 9.29. The van der Waals surface area contributed by atoms with Gasteiger partial charge in [-0.3, -0.25) is 4.79 Å². The monoisotopic (exact) mass is 257 g/mol. The highest BCUT2D eigenvalue weighted by Gasteiger charge is 2.13. The minimum Gasteiger partial charge on any atom is -0.394 e. The normalized spacial score (nSPS) is 11.8. The van der Waals surface area contributed by atoms with Crippen molar-refractivity contribution in [2.45, 2.75) is 12.5 Å². The van der Waals surface area contributed by atoms with Crippen LogP contribution < -0.4 is 5.32 Å². The van der Waals surface area contributed by atoms with Crippen LogP contribution in [0.1, 0.15) is 15.9 Å². The van der Waals surface area contributed by atoms with E-state index in [1.807, 2.05) is 30.3 Å². The van der Waals surface area contributed by atoms with Crippen molar-refractivity contribution < 1.29 is 9.90 Å². The highest BCUT2D eigenvalue weighted by molar-refractivity contribution is 5.93. The van der Waals surface area contributed by atoms with Gasteiger partial charge in [-0.1, -0.05) is 30.3 Å². The van der Waals surface area contributed by atoms with Crippen LogP contribution in [0, 0.1) is 0 Å². The molecule has 1 heterocycles. The number of carbonyl (C=O) groups excluding carboxylic acids is 1. The lowest BCUT2D eigenvalue weighted by Crippen LogP contribution is -2.39. The van der Waals surface area contributed by atoms with Gasteiger partial charge in [-0.2, -0.15) is 10.2 Å². The molecule has 0 aliphatic rings. The molecule has 0 fully saturated rings. The minimum atomic E-state index is -0.317. The Kier molecular flexibility index (Phi) is 4.58. The van der Waals surface area contributed by atoms with Crippen LogP contribution in [0.3, 0.4) is 0 Å². The van der Waals surface area contributed by atoms with E-state index in [0.29, 0.717) is 12.0 Å². The molecular formula is C14H15N3O2. The topological polar surface area (TPSA) is 75.1 Å². The molecule has 0 bridgehead atoms. The first-order valence-electron chi connectivity index (χ1n) is 6.02. The van der Waals surface area contributed by atoms with Crippen molar-refractivity contribution in [2.24, 2.45) is 0 Å². The van der Waals surface area contributed by atoms with Gasteiger partial charge in [-0.25, -0.2) is 0 Å². The second-order valence-corrected chi connectivity index (χ2v) is 4.17. The number of aliphatic hydroxyl groups excluding tert-OH is 1. The van der Waals surface area contributed by atoms with Crippen molar-refractivity contribution in [1.82, 2.24) is 15.5 Å². The summed E-state index contributed by atoms with van der Waals surface area (Å²) in [6.07, 6.45) is 3.44. The number of hydrogen-bond donors (Lipinski definition) is 2. The fraction of sp³-hybridized carbons (Fsp3) is 0.214. The van der Waals surface area contributed by atoms with E-state index in [2.05, 4.69) is 15.5 Å². The van der Waals surface area contributed by atoms with Gasteiger partial charge in [-0.15, -0.1) is 0 Å². The van der Waals surface area contributed by atoms with Gasteiger partial charge in [0, 0.05) is 0 Å². The van der Waals surface area contributed by atoms with E-state index in [9.17, 15) is 9.90 Å². The molecule has 2 aromatic rings. The van der Waals surface area contributed by atoms with E-state index < -0.39 is 0 Å². The standard InChI is InChI=1S/C14H15N3O2/c18-10-13(8-11-4-2-1-3-5-11)17-14(19)12-6-7-15-16-9-12/h1-7,9,13,18H,8,10H2,(H,17,19)/t13-/m0/s1. The Morgan fingerprint density at radius 2 is 2.00 bits per heavy atom. The van der Waals surface area contributed by atoms with Crippen molar-refractivity contribution in [2.75, 3.05) is 6.61 Å². The maximum Gasteiger partial charge on any atom is 0.253 e. The molecule has 0 unspecified atom stereocenters. The first-order valence-corrected chi connectivity index (χ1v) is 6.02. The second kappa shape index (κ2) is 6.61. The van der Waals surface area contributed by atoms with E-state index in [1.165, 1.54) is 12.4 Å². The van der Waals surface area contributed by atoms with Crippen LogP contribution in [0.2, 0.25) is 0 Å². The van der Waals surface area contributed by atoms with Crippen LogP contribution in [0.25, 0.3) is 0 Å². The largest absolute Gasteiger partial charge is 0.394 e. The molecule has 98 valence electrons. The Bertz CT molecular complexity index is 517. The van der Waals surface area contributed by atoms with Gasteiger partial charge >= 0.3 is 0 Å². The highest BCUT2D eigenvalue weighted by atomic mass is 16.3. The quantitative estimate of drug-likeness (QED) is 0.831. The summed E-state index contributed by atoms with van der Waals surface area (Å²) in [4.78, 5) is 11.9. The molecule has 2 N–H and O–H groups in total. The zero-order valence-corrected chi connectivity index (χ0v) is 10.4. The third-order valence-electron chi connectivity index (χ3n) is 2.73.